The van der Waals surface area contributed by atoms with Crippen LogP contribution < -0.4 is 0 Å². The highest BCUT2D eigenvalue weighted by Gasteiger charge is 2.31. The van der Waals surface area contributed by atoms with Gasteiger partial charge in [0.15, 0.2) is 0 Å². The minimum atomic E-state index is 0.240. The van der Waals surface area contributed by atoms with E-state index in [1.165, 1.54) is 45.7 Å². The summed E-state index contributed by atoms with van der Waals surface area (Å²) in [5.74, 6) is 2.14. The Morgan fingerprint density at radius 3 is 2.33 bits per heavy atom. The van der Waals surface area contributed by atoms with Crippen molar-refractivity contribution < 1.29 is 14.3 Å². The van der Waals surface area contributed by atoms with Crippen LogP contribution in [0.5, 0.6) is 0 Å². The number of carbonyl (C=O) groups excluding carboxylic acids is 1. The molecule has 0 radical (unpaired) electrons. The second-order valence-electron chi connectivity index (χ2n) is 9.12. The molecule has 1 aliphatic carbocycles. The molecule has 5 nitrogen and oxygen atoms in total. The van der Waals surface area contributed by atoms with Crippen LogP contribution >= 0.6 is 0 Å². The standard InChI is InChI=1S/C22H42N2O3/c1-18(2)16-23-8-10-24(11-9-23)17-20-5-6-21(15-20)22(25)7-12-26-13-14-27-19(3)4/h18-21H,5-17H2,1-4H3. The van der Waals surface area contributed by atoms with Gasteiger partial charge in [0, 0.05) is 51.6 Å². The summed E-state index contributed by atoms with van der Waals surface area (Å²) in [4.78, 5) is 17.6. The first-order valence-corrected chi connectivity index (χ1v) is 11.1. The summed E-state index contributed by atoms with van der Waals surface area (Å²) in [6.45, 7) is 17.6. The van der Waals surface area contributed by atoms with Gasteiger partial charge in [0.25, 0.3) is 0 Å². The second kappa shape index (κ2) is 12.2. The van der Waals surface area contributed by atoms with Gasteiger partial charge in [0.05, 0.1) is 25.9 Å². The van der Waals surface area contributed by atoms with Gasteiger partial charge in [-0.1, -0.05) is 13.8 Å². The molecule has 2 fully saturated rings. The van der Waals surface area contributed by atoms with E-state index in [-0.39, 0.29) is 12.0 Å². The van der Waals surface area contributed by atoms with Crippen LogP contribution in [0, 0.1) is 17.8 Å². The van der Waals surface area contributed by atoms with E-state index in [4.69, 9.17) is 9.47 Å². The van der Waals surface area contributed by atoms with Crippen LogP contribution in [0.3, 0.4) is 0 Å². The number of nitrogens with zero attached hydrogens (tertiary/aromatic N) is 2. The molecule has 1 saturated heterocycles. The Morgan fingerprint density at radius 2 is 1.67 bits per heavy atom. The summed E-state index contributed by atoms with van der Waals surface area (Å²) < 4.78 is 11.0. The van der Waals surface area contributed by atoms with Crippen molar-refractivity contribution in [3.63, 3.8) is 0 Å². The van der Waals surface area contributed by atoms with Crippen molar-refractivity contribution in [1.29, 1.82) is 0 Å². The van der Waals surface area contributed by atoms with Crippen molar-refractivity contribution in [3.8, 4) is 0 Å². The number of ether oxygens (including phenoxy) is 2. The summed E-state index contributed by atoms with van der Waals surface area (Å²) in [6, 6.07) is 0. The minimum Gasteiger partial charge on any atom is -0.379 e. The van der Waals surface area contributed by atoms with E-state index in [2.05, 4.69) is 23.6 Å². The molecule has 5 heteroatoms. The Balaban J connectivity index is 1.55. The van der Waals surface area contributed by atoms with Crippen molar-refractivity contribution in [2.45, 2.75) is 59.5 Å². The Kier molecular flexibility index (Phi) is 10.3. The largest absolute Gasteiger partial charge is 0.379 e. The monoisotopic (exact) mass is 382 g/mol. The molecule has 0 spiro atoms. The van der Waals surface area contributed by atoms with Crippen LogP contribution in [0.1, 0.15) is 53.4 Å². The Bertz CT molecular complexity index is 420. The number of hydrogen-bond donors (Lipinski definition) is 0. The molecule has 2 aliphatic rings. The van der Waals surface area contributed by atoms with E-state index in [0.717, 1.165) is 18.8 Å². The number of piperazine rings is 1. The highest BCUT2D eigenvalue weighted by molar-refractivity contribution is 5.81. The van der Waals surface area contributed by atoms with Gasteiger partial charge in [-0.3, -0.25) is 4.79 Å². The molecule has 27 heavy (non-hydrogen) atoms. The highest BCUT2D eigenvalue weighted by Crippen LogP contribution is 2.33. The molecule has 0 N–H and O–H groups in total. The molecule has 0 aromatic carbocycles. The van der Waals surface area contributed by atoms with E-state index in [1.807, 2.05) is 13.8 Å². The molecule has 1 heterocycles. The molecule has 1 aliphatic heterocycles. The predicted molar refractivity (Wildman–Crippen MR) is 110 cm³/mol. The van der Waals surface area contributed by atoms with Crippen molar-refractivity contribution in [2.75, 3.05) is 59.1 Å². The number of carbonyl (C=O) groups is 1. The highest BCUT2D eigenvalue weighted by atomic mass is 16.5. The van der Waals surface area contributed by atoms with Crippen LogP contribution in [-0.2, 0) is 14.3 Å². The molecular formula is C22H42N2O3. The zero-order chi connectivity index (χ0) is 19.6. The van der Waals surface area contributed by atoms with Gasteiger partial charge in [0.1, 0.15) is 5.78 Å². The van der Waals surface area contributed by atoms with Gasteiger partial charge in [-0.2, -0.15) is 0 Å². The van der Waals surface area contributed by atoms with Crippen molar-refractivity contribution in [2.24, 2.45) is 17.8 Å². The lowest BCUT2D eigenvalue weighted by Crippen LogP contribution is -2.48. The van der Waals surface area contributed by atoms with Gasteiger partial charge in [-0.05, 0) is 44.9 Å². The SMILES string of the molecule is CC(C)CN1CCN(CC2CCC(C(=O)CCOCCOC(C)C)C2)CC1. The minimum absolute atomic E-state index is 0.240. The third-order valence-electron chi connectivity index (χ3n) is 5.77. The fraction of sp³-hybridized carbons (Fsp3) is 0.955. The lowest BCUT2D eigenvalue weighted by molar-refractivity contribution is -0.124. The van der Waals surface area contributed by atoms with E-state index < -0.39 is 0 Å². The van der Waals surface area contributed by atoms with Crippen LogP contribution in [0.15, 0.2) is 0 Å². The van der Waals surface area contributed by atoms with Crippen LogP contribution in [0.25, 0.3) is 0 Å². The van der Waals surface area contributed by atoms with Gasteiger partial charge in [-0.15, -0.1) is 0 Å². The first-order valence-electron chi connectivity index (χ1n) is 11.1. The molecule has 2 atom stereocenters. The second-order valence-corrected chi connectivity index (χ2v) is 9.12. The maximum Gasteiger partial charge on any atom is 0.138 e. The summed E-state index contributed by atoms with van der Waals surface area (Å²) in [5.41, 5.74) is 0. The van der Waals surface area contributed by atoms with E-state index in [0.29, 0.717) is 37.9 Å². The smallest absolute Gasteiger partial charge is 0.138 e. The zero-order valence-electron chi connectivity index (χ0n) is 18.1. The molecule has 0 amide bonds. The van der Waals surface area contributed by atoms with Gasteiger partial charge in [-0.25, -0.2) is 0 Å². The Hall–Kier alpha value is -0.490. The first-order chi connectivity index (χ1) is 12.9. The van der Waals surface area contributed by atoms with E-state index in [9.17, 15) is 4.79 Å². The normalized spacial score (nSPS) is 25.0. The fourth-order valence-corrected chi connectivity index (χ4v) is 4.39. The topological polar surface area (TPSA) is 42.0 Å². The maximum absolute atomic E-state index is 12.4. The summed E-state index contributed by atoms with van der Waals surface area (Å²) in [6.07, 6.45) is 4.18. The number of rotatable bonds is 12. The first kappa shape index (κ1) is 22.8. The molecule has 1 saturated carbocycles. The van der Waals surface area contributed by atoms with Crippen molar-refractivity contribution in [1.82, 2.24) is 9.80 Å². The van der Waals surface area contributed by atoms with Crippen LogP contribution in [-0.4, -0.2) is 80.8 Å². The zero-order valence-corrected chi connectivity index (χ0v) is 18.1. The molecule has 0 aromatic rings. The fourth-order valence-electron chi connectivity index (χ4n) is 4.39. The number of ketones is 1. The van der Waals surface area contributed by atoms with Crippen LogP contribution in [0.2, 0.25) is 0 Å². The molecule has 2 rings (SSSR count). The summed E-state index contributed by atoms with van der Waals surface area (Å²) >= 11 is 0. The van der Waals surface area contributed by atoms with Gasteiger partial charge < -0.3 is 19.3 Å². The molecule has 2 unspecified atom stereocenters. The van der Waals surface area contributed by atoms with Gasteiger partial charge >= 0.3 is 0 Å². The predicted octanol–water partition coefficient (Wildman–Crippen LogP) is 3.08. The Morgan fingerprint density at radius 1 is 0.963 bits per heavy atom. The summed E-state index contributed by atoms with van der Waals surface area (Å²) in [7, 11) is 0. The van der Waals surface area contributed by atoms with E-state index in [1.54, 1.807) is 0 Å². The Labute approximate surface area is 166 Å². The molecular weight excluding hydrogens is 340 g/mol. The third-order valence-corrected chi connectivity index (χ3v) is 5.77. The molecule has 158 valence electrons. The lowest BCUT2D eigenvalue weighted by Gasteiger charge is -2.36. The van der Waals surface area contributed by atoms with Crippen molar-refractivity contribution >= 4 is 5.78 Å². The summed E-state index contributed by atoms with van der Waals surface area (Å²) in [5, 5.41) is 0. The van der Waals surface area contributed by atoms with Crippen molar-refractivity contribution in [3.05, 3.63) is 0 Å². The van der Waals surface area contributed by atoms with Crippen LogP contribution in [0.4, 0.5) is 0 Å². The van der Waals surface area contributed by atoms with E-state index >= 15 is 0 Å². The average Bonchev–Trinajstić information content (AvgIpc) is 3.07. The lowest BCUT2D eigenvalue weighted by atomic mass is 9.98. The number of hydrogen-bond acceptors (Lipinski definition) is 5. The third kappa shape index (κ3) is 9.03. The molecule has 0 bridgehead atoms. The van der Waals surface area contributed by atoms with Gasteiger partial charge in [0.2, 0.25) is 0 Å². The number of Topliss-reactive ketones (excluding diaryl/α,β-unsaturated/α-hetero) is 1. The maximum atomic E-state index is 12.4. The molecule has 0 aromatic heterocycles. The quantitative estimate of drug-likeness (QED) is 0.485. The average molecular weight is 383 g/mol.